The third-order valence-corrected chi connectivity index (χ3v) is 13.8. The summed E-state index contributed by atoms with van der Waals surface area (Å²) in [4.78, 5) is 0. The molecule has 0 amide bonds. The van der Waals surface area contributed by atoms with Crippen LogP contribution in [0.15, 0.2) is 188 Å². The van der Waals surface area contributed by atoms with Gasteiger partial charge in [-0.3, -0.25) is 0 Å². The maximum atomic E-state index is 7.12. The topological polar surface area (TPSA) is 24.0 Å². The first kappa shape index (κ1) is 34.0. The molecule has 0 radical (unpaired) electrons. The molecule has 2 aliphatic rings. The first-order chi connectivity index (χ1) is 30.6. The summed E-state index contributed by atoms with van der Waals surface area (Å²) in [7, 11) is 0. The van der Waals surface area contributed by atoms with Crippen LogP contribution in [0, 0.1) is 0 Å². The Morgan fingerprint density at radius 3 is 1.60 bits per heavy atom. The van der Waals surface area contributed by atoms with Crippen molar-refractivity contribution in [3.63, 3.8) is 0 Å². The van der Waals surface area contributed by atoms with Gasteiger partial charge in [0.25, 0.3) is 6.71 Å². The van der Waals surface area contributed by atoms with Gasteiger partial charge >= 0.3 is 0 Å². The highest BCUT2D eigenvalue weighted by Crippen LogP contribution is 2.43. The number of hydrogen-bond acceptors (Lipinski definition) is 1. The Morgan fingerprint density at radius 2 is 0.968 bits per heavy atom. The summed E-state index contributed by atoms with van der Waals surface area (Å²) < 4.78 is 14.6. The van der Waals surface area contributed by atoms with Crippen molar-refractivity contribution >= 4 is 88.5 Å². The largest absolute Gasteiger partial charge is 0.458 e. The molecule has 9 aromatic carbocycles. The van der Waals surface area contributed by atoms with Crippen molar-refractivity contribution in [2.45, 2.75) is 19.8 Å². The standard InChI is InChI=1S/C57H38BN3O/c1-34(2)37-28-53-56-55(30-37)62-54-29-36(35-14-4-3-5-15-35)24-26-46(54)58(56)47-33-39(60-50-22-12-8-18-42(50)43-19-9-13-23-51(43)60)32-45-44-31-38(25-27-52(44)61(53)57(45)47)59-48-20-10-6-16-40(48)41-17-7-11-21-49(41)59/h3-34H,1-2H3. The minimum absolute atomic E-state index is 0.0426. The Hall–Kier alpha value is -7.76. The van der Waals surface area contributed by atoms with Gasteiger partial charge in [-0.2, -0.15) is 0 Å². The third kappa shape index (κ3) is 4.52. The summed E-state index contributed by atoms with van der Waals surface area (Å²) in [5.74, 6) is 2.18. The van der Waals surface area contributed by atoms with Crippen molar-refractivity contribution in [2.75, 3.05) is 0 Å². The van der Waals surface area contributed by atoms with Gasteiger partial charge in [-0.1, -0.05) is 129 Å². The Balaban J connectivity index is 1.13. The molecule has 4 nitrogen and oxygen atoms in total. The van der Waals surface area contributed by atoms with Crippen molar-refractivity contribution in [1.82, 2.24) is 13.7 Å². The first-order valence-electron chi connectivity index (χ1n) is 21.7. The lowest BCUT2D eigenvalue weighted by Gasteiger charge is -2.34. The van der Waals surface area contributed by atoms with Gasteiger partial charge in [-0.15, -0.1) is 0 Å². The number of rotatable bonds is 4. The summed E-state index contributed by atoms with van der Waals surface area (Å²) in [6.07, 6.45) is 0. The highest BCUT2D eigenvalue weighted by Gasteiger charge is 2.41. The molecule has 5 heterocycles. The van der Waals surface area contributed by atoms with Gasteiger partial charge in [0.1, 0.15) is 11.5 Å². The summed E-state index contributed by atoms with van der Waals surface area (Å²) in [5.41, 5.74) is 18.1. The fraction of sp³-hybridized carbons (Fsp3) is 0.0526. The van der Waals surface area contributed by atoms with Crippen LogP contribution in [0.5, 0.6) is 11.5 Å². The summed E-state index contributed by atoms with van der Waals surface area (Å²) in [5, 5.41) is 7.51. The van der Waals surface area contributed by atoms with Crippen LogP contribution in [0.2, 0.25) is 0 Å². The van der Waals surface area contributed by atoms with Crippen molar-refractivity contribution < 1.29 is 4.74 Å². The molecule has 0 aliphatic carbocycles. The van der Waals surface area contributed by atoms with E-state index < -0.39 is 0 Å². The SMILES string of the molecule is CC(C)c1cc2c3c(c1)-n1c4ccc(-n5c6ccccc6c6ccccc65)cc4c4cc(-n5c6ccccc6c6ccccc65)cc(c41)B3c1ccc(-c3ccccc3)cc1O2. The molecule has 62 heavy (non-hydrogen) atoms. The molecule has 0 fully saturated rings. The van der Waals surface area contributed by atoms with E-state index in [-0.39, 0.29) is 6.71 Å². The Kier molecular flexibility index (Phi) is 6.80. The smallest absolute Gasteiger partial charge is 0.256 e. The van der Waals surface area contributed by atoms with Crippen molar-refractivity contribution in [3.8, 4) is 39.7 Å². The highest BCUT2D eigenvalue weighted by molar-refractivity contribution is 6.99. The molecule has 0 unspecified atom stereocenters. The van der Waals surface area contributed by atoms with Gasteiger partial charge < -0.3 is 18.4 Å². The van der Waals surface area contributed by atoms with Gasteiger partial charge in [0.2, 0.25) is 0 Å². The second kappa shape index (κ2) is 12.4. The quantitative estimate of drug-likeness (QED) is 0.163. The molecule has 0 saturated heterocycles. The molecule has 2 aliphatic heterocycles. The van der Waals surface area contributed by atoms with E-state index in [1.807, 2.05) is 0 Å². The zero-order chi connectivity index (χ0) is 40.8. The van der Waals surface area contributed by atoms with E-state index >= 15 is 0 Å². The van der Waals surface area contributed by atoms with Crippen LogP contribution in [-0.2, 0) is 0 Å². The number of nitrogens with zero attached hydrogens (tertiary/aromatic N) is 3. The molecular weight excluding hydrogens is 753 g/mol. The molecule has 0 atom stereocenters. The van der Waals surface area contributed by atoms with Crippen molar-refractivity contribution in [1.29, 1.82) is 0 Å². The van der Waals surface area contributed by atoms with Crippen LogP contribution in [0.3, 0.4) is 0 Å². The molecule has 14 rings (SSSR count). The van der Waals surface area contributed by atoms with Crippen LogP contribution in [0.25, 0.3) is 93.6 Å². The number of fused-ring (bicyclic) bond motifs is 13. The van der Waals surface area contributed by atoms with Crippen LogP contribution in [-0.4, -0.2) is 20.4 Å². The Bertz CT molecular complexity index is 3780. The third-order valence-electron chi connectivity index (χ3n) is 13.8. The lowest BCUT2D eigenvalue weighted by molar-refractivity contribution is 0.486. The van der Waals surface area contributed by atoms with E-state index in [2.05, 4.69) is 216 Å². The number of ether oxygens (including phenoxy) is 1. The molecule has 0 bridgehead atoms. The minimum Gasteiger partial charge on any atom is -0.458 e. The molecule has 5 heteroatoms. The second-order valence-corrected chi connectivity index (χ2v) is 17.5. The molecule has 0 N–H and O–H groups in total. The maximum Gasteiger partial charge on any atom is 0.256 e. The van der Waals surface area contributed by atoms with Crippen molar-refractivity contribution in [3.05, 3.63) is 194 Å². The molecule has 0 saturated carbocycles. The number of aromatic nitrogens is 3. The molecule has 12 aromatic rings. The lowest BCUT2D eigenvalue weighted by atomic mass is 9.34. The zero-order valence-corrected chi connectivity index (χ0v) is 34.3. The summed E-state index contributed by atoms with van der Waals surface area (Å²) in [6, 6.07) is 69.6. The first-order valence-corrected chi connectivity index (χ1v) is 21.7. The summed E-state index contributed by atoms with van der Waals surface area (Å²) in [6.45, 7) is 4.53. The normalized spacial score (nSPS) is 12.9. The Morgan fingerprint density at radius 1 is 0.403 bits per heavy atom. The fourth-order valence-electron chi connectivity index (χ4n) is 11.1. The predicted molar refractivity (Wildman–Crippen MR) is 260 cm³/mol. The lowest BCUT2D eigenvalue weighted by Crippen LogP contribution is -2.58. The molecular formula is C57H38BN3O. The van der Waals surface area contributed by atoms with E-state index in [9.17, 15) is 0 Å². The van der Waals surface area contributed by atoms with E-state index in [4.69, 9.17) is 4.74 Å². The molecule has 3 aromatic heterocycles. The average molecular weight is 792 g/mol. The second-order valence-electron chi connectivity index (χ2n) is 17.5. The molecule has 0 spiro atoms. The van der Waals surface area contributed by atoms with Gasteiger partial charge in [-0.05, 0) is 112 Å². The highest BCUT2D eigenvalue weighted by atomic mass is 16.5. The van der Waals surface area contributed by atoms with Crippen LogP contribution >= 0.6 is 0 Å². The Labute approximate surface area is 358 Å². The number of benzene rings is 9. The monoisotopic (exact) mass is 791 g/mol. The van der Waals surface area contributed by atoms with E-state index in [1.165, 1.54) is 98.6 Å². The van der Waals surface area contributed by atoms with Crippen LogP contribution < -0.4 is 21.1 Å². The van der Waals surface area contributed by atoms with E-state index in [0.717, 1.165) is 28.4 Å². The van der Waals surface area contributed by atoms with E-state index in [0.29, 0.717) is 5.92 Å². The van der Waals surface area contributed by atoms with Gasteiger partial charge in [0.15, 0.2) is 0 Å². The van der Waals surface area contributed by atoms with Crippen LogP contribution in [0.1, 0.15) is 25.3 Å². The van der Waals surface area contributed by atoms with E-state index in [1.54, 1.807) is 0 Å². The maximum absolute atomic E-state index is 7.12. The summed E-state index contributed by atoms with van der Waals surface area (Å²) >= 11 is 0. The average Bonchev–Trinajstić information content (AvgIpc) is 3.96. The zero-order valence-electron chi connectivity index (χ0n) is 34.3. The van der Waals surface area contributed by atoms with Gasteiger partial charge in [0, 0.05) is 54.9 Å². The van der Waals surface area contributed by atoms with Gasteiger partial charge in [-0.25, -0.2) is 0 Å². The predicted octanol–water partition coefficient (Wildman–Crippen LogP) is 12.7. The minimum atomic E-state index is -0.0426. The molecule has 290 valence electrons. The van der Waals surface area contributed by atoms with Crippen LogP contribution in [0.4, 0.5) is 0 Å². The number of hydrogen-bond donors (Lipinski definition) is 0. The van der Waals surface area contributed by atoms with Crippen molar-refractivity contribution in [2.24, 2.45) is 0 Å². The number of para-hydroxylation sites is 4. The van der Waals surface area contributed by atoms with Gasteiger partial charge in [0.05, 0.1) is 27.6 Å². The fourth-order valence-corrected chi connectivity index (χ4v) is 11.1.